The number of anilines is 1. The Morgan fingerprint density at radius 1 is 1.29 bits per heavy atom. The van der Waals surface area contributed by atoms with Crippen LogP contribution in [0.4, 0.5) is 5.82 Å². The molecule has 0 aliphatic carbocycles. The number of carbonyl (C=O) groups is 1. The number of rotatable bonds is 1. The molecule has 1 aromatic heterocycles. The van der Waals surface area contributed by atoms with Crippen LogP contribution in [0, 0.1) is 0 Å². The van der Waals surface area contributed by atoms with E-state index in [1.165, 1.54) is 12.8 Å². The third kappa shape index (κ3) is 3.74. The van der Waals surface area contributed by atoms with Crippen LogP contribution < -0.4 is 5.73 Å². The number of aromatic nitrogens is 1. The van der Waals surface area contributed by atoms with Crippen molar-refractivity contribution >= 4 is 11.7 Å². The van der Waals surface area contributed by atoms with Crippen LogP contribution in [0.25, 0.3) is 0 Å². The molecular formula is C17H27N3O. The summed E-state index contributed by atoms with van der Waals surface area (Å²) in [4.78, 5) is 19.2. The molecule has 1 aromatic rings. The molecule has 1 atom stereocenters. The SMILES string of the molecule is CC1CCCCCN1C(=O)c1cc(N)nc(C(C)(C)C)c1. The van der Waals surface area contributed by atoms with Gasteiger partial charge < -0.3 is 10.6 Å². The molecule has 1 amide bonds. The number of nitrogens with two attached hydrogens (primary N) is 1. The molecule has 1 aliphatic heterocycles. The van der Waals surface area contributed by atoms with E-state index in [2.05, 4.69) is 32.7 Å². The minimum absolute atomic E-state index is 0.0870. The van der Waals surface area contributed by atoms with E-state index >= 15 is 0 Å². The first-order valence-electron chi connectivity index (χ1n) is 7.88. The summed E-state index contributed by atoms with van der Waals surface area (Å²) in [6, 6.07) is 3.90. The van der Waals surface area contributed by atoms with E-state index in [9.17, 15) is 4.79 Å². The van der Waals surface area contributed by atoms with Gasteiger partial charge in [0.15, 0.2) is 0 Å². The van der Waals surface area contributed by atoms with Crippen molar-refractivity contribution in [2.45, 2.75) is 64.8 Å². The Morgan fingerprint density at radius 2 is 2.00 bits per heavy atom. The lowest BCUT2D eigenvalue weighted by Gasteiger charge is -2.28. The number of likely N-dealkylation sites (tertiary alicyclic amines) is 1. The van der Waals surface area contributed by atoms with Gasteiger partial charge in [-0.1, -0.05) is 33.6 Å². The first-order valence-corrected chi connectivity index (χ1v) is 7.88. The predicted molar refractivity (Wildman–Crippen MR) is 86.3 cm³/mol. The average molecular weight is 289 g/mol. The van der Waals surface area contributed by atoms with Gasteiger partial charge in [0, 0.05) is 29.3 Å². The normalized spacial score (nSPS) is 20.2. The Labute approximate surface area is 127 Å². The molecule has 2 rings (SSSR count). The van der Waals surface area contributed by atoms with Crippen LogP contribution in [0.1, 0.15) is 69.4 Å². The summed E-state index contributed by atoms with van der Waals surface area (Å²) in [5.41, 5.74) is 7.33. The Bertz CT molecular complexity index is 519. The van der Waals surface area contributed by atoms with Crippen LogP contribution in [-0.4, -0.2) is 28.4 Å². The van der Waals surface area contributed by atoms with Gasteiger partial charge in [-0.3, -0.25) is 4.79 Å². The monoisotopic (exact) mass is 289 g/mol. The quantitative estimate of drug-likeness (QED) is 0.862. The fourth-order valence-electron chi connectivity index (χ4n) is 2.80. The van der Waals surface area contributed by atoms with E-state index in [0.29, 0.717) is 17.4 Å². The molecule has 1 aliphatic rings. The first-order chi connectivity index (χ1) is 9.79. The summed E-state index contributed by atoms with van der Waals surface area (Å²) in [5, 5.41) is 0. The summed E-state index contributed by atoms with van der Waals surface area (Å²) in [5.74, 6) is 0.511. The predicted octanol–water partition coefficient (Wildman–Crippen LogP) is 3.37. The van der Waals surface area contributed by atoms with Gasteiger partial charge in [0.2, 0.25) is 0 Å². The second-order valence-electron chi connectivity index (χ2n) is 7.11. The summed E-state index contributed by atoms with van der Waals surface area (Å²) in [6.07, 6.45) is 4.58. The first kappa shape index (κ1) is 15.8. The maximum absolute atomic E-state index is 12.8. The van der Waals surface area contributed by atoms with Crippen LogP contribution in [0.5, 0.6) is 0 Å². The Morgan fingerprint density at radius 3 is 2.67 bits per heavy atom. The molecule has 0 spiro atoms. The van der Waals surface area contributed by atoms with E-state index in [-0.39, 0.29) is 11.3 Å². The second-order valence-corrected chi connectivity index (χ2v) is 7.11. The highest BCUT2D eigenvalue weighted by Crippen LogP contribution is 2.25. The average Bonchev–Trinajstić information content (AvgIpc) is 2.61. The molecule has 4 nitrogen and oxygen atoms in total. The molecule has 0 saturated carbocycles. The van der Waals surface area contributed by atoms with Crippen molar-refractivity contribution in [2.24, 2.45) is 0 Å². The van der Waals surface area contributed by atoms with Gasteiger partial charge >= 0.3 is 0 Å². The summed E-state index contributed by atoms with van der Waals surface area (Å²) >= 11 is 0. The Hall–Kier alpha value is -1.58. The summed E-state index contributed by atoms with van der Waals surface area (Å²) in [6.45, 7) is 9.22. The number of hydrogen-bond acceptors (Lipinski definition) is 3. The molecule has 21 heavy (non-hydrogen) atoms. The lowest BCUT2D eigenvalue weighted by Crippen LogP contribution is -2.38. The summed E-state index contributed by atoms with van der Waals surface area (Å²) in [7, 11) is 0. The van der Waals surface area contributed by atoms with Gasteiger partial charge in [-0.25, -0.2) is 4.98 Å². The fraction of sp³-hybridized carbons (Fsp3) is 0.647. The van der Waals surface area contributed by atoms with Crippen LogP contribution in [-0.2, 0) is 5.41 Å². The van der Waals surface area contributed by atoms with Gasteiger partial charge in [-0.05, 0) is 31.9 Å². The number of nitrogens with zero attached hydrogens (tertiary/aromatic N) is 2. The van der Waals surface area contributed by atoms with E-state index in [1.807, 2.05) is 11.0 Å². The van der Waals surface area contributed by atoms with Crippen molar-refractivity contribution in [3.8, 4) is 0 Å². The molecule has 1 fully saturated rings. The maximum Gasteiger partial charge on any atom is 0.254 e. The molecule has 1 unspecified atom stereocenters. The van der Waals surface area contributed by atoms with Crippen LogP contribution in [0.15, 0.2) is 12.1 Å². The highest BCUT2D eigenvalue weighted by Gasteiger charge is 2.25. The van der Waals surface area contributed by atoms with E-state index < -0.39 is 0 Å². The van der Waals surface area contributed by atoms with Crippen molar-refractivity contribution in [3.05, 3.63) is 23.4 Å². The van der Waals surface area contributed by atoms with Crippen LogP contribution in [0.2, 0.25) is 0 Å². The van der Waals surface area contributed by atoms with Crippen LogP contribution >= 0.6 is 0 Å². The van der Waals surface area contributed by atoms with E-state index in [4.69, 9.17) is 5.73 Å². The minimum atomic E-state index is -0.116. The Kier molecular flexibility index (Phi) is 4.55. The zero-order valence-corrected chi connectivity index (χ0v) is 13.6. The third-order valence-corrected chi connectivity index (χ3v) is 4.17. The van der Waals surface area contributed by atoms with E-state index in [1.54, 1.807) is 6.07 Å². The molecule has 1 saturated heterocycles. The maximum atomic E-state index is 12.8. The zero-order chi connectivity index (χ0) is 15.6. The molecule has 0 radical (unpaired) electrons. The fourth-order valence-corrected chi connectivity index (χ4v) is 2.80. The molecule has 0 aromatic carbocycles. The van der Waals surface area contributed by atoms with Crippen molar-refractivity contribution in [1.29, 1.82) is 0 Å². The number of hydrogen-bond donors (Lipinski definition) is 1. The van der Waals surface area contributed by atoms with Gasteiger partial charge in [0.05, 0.1) is 0 Å². The van der Waals surface area contributed by atoms with Crippen molar-refractivity contribution in [2.75, 3.05) is 12.3 Å². The second kappa shape index (κ2) is 6.04. The standard InChI is InChI=1S/C17H27N3O/c1-12-8-6-5-7-9-20(12)16(21)13-10-14(17(2,3)4)19-15(18)11-13/h10-12H,5-9H2,1-4H3,(H2,18,19). The molecule has 2 heterocycles. The highest BCUT2D eigenvalue weighted by atomic mass is 16.2. The van der Waals surface area contributed by atoms with Gasteiger partial charge in [0.1, 0.15) is 5.82 Å². The number of amides is 1. The lowest BCUT2D eigenvalue weighted by atomic mass is 9.90. The van der Waals surface area contributed by atoms with Gasteiger partial charge in [-0.2, -0.15) is 0 Å². The van der Waals surface area contributed by atoms with Crippen molar-refractivity contribution in [3.63, 3.8) is 0 Å². The molecule has 2 N–H and O–H groups in total. The molecule has 0 bridgehead atoms. The smallest absolute Gasteiger partial charge is 0.254 e. The number of carbonyl (C=O) groups excluding carboxylic acids is 1. The number of pyridine rings is 1. The zero-order valence-electron chi connectivity index (χ0n) is 13.6. The van der Waals surface area contributed by atoms with Crippen LogP contribution in [0.3, 0.4) is 0 Å². The minimum Gasteiger partial charge on any atom is -0.384 e. The molecule has 4 heteroatoms. The van der Waals surface area contributed by atoms with Crippen molar-refractivity contribution in [1.82, 2.24) is 9.88 Å². The topological polar surface area (TPSA) is 59.2 Å². The third-order valence-electron chi connectivity index (χ3n) is 4.17. The largest absolute Gasteiger partial charge is 0.384 e. The van der Waals surface area contributed by atoms with Crippen molar-refractivity contribution < 1.29 is 4.79 Å². The lowest BCUT2D eigenvalue weighted by molar-refractivity contribution is 0.0697. The van der Waals surface area contributed by atoms with Gasteiger partial charge in [0.25, 0.3) is 5.91 Å². The molecular weight excluding hydrogens is 262 g/mol. The number of nitrogen functional groups attached to an aromatic ring is 1. The van der Waals surface area contributed by atoms with E-state index in [0.717, 1.165) is 25.1 Å². The summed E-state index contributed by atoms with van der Waals surface area (Å²) < 4.78 is 0. The molecule has 116 valence electrons. The van der Waals surface area contributed by atoms with Gasteiger partial charge in [-0.15, -0.1) is 0 Å². The Balaban J connectivity index is 2.32. The highest BCUT2D eigenvalue weighted by molar-refractivity contribution is 5.95.